The molecule has 6 N–H and O–H groups in total. The van der Waals surface area contributed by atoms with Crippen LogP contribution in [0.25, 0.3) is 0 Å². The van der Waals surface area contributed by atoms with Gasteiger partial charge in [0.15, 0.2) is 0 Å². The van der Waals surface area contributed by atoms with Crippen LogP contribution >= 0.6 is 0 Å². The van der Waals surface area contributed by atoms with Gasteiger partial charge in [0, 0.05) is 104 Å². The zero-order chi connectivity index (χ0) is 73.0. The van der Waals surface area contributed by atoms with E-state index < -0.39 is 30.5 Å². The highest BCUT2D eigenvalue weighted by molar-refractivity contribution is 5.78. The van der Waals surface area contributed by atoms with Crippen molar-refractivity contribution in [2.45, 2.75) is 259 Å². The number of hydrogen-bond donors (Lipinski definition) is 6. The molecule has 0 spiro atoms. The summed E-state index contributed by atoms with van der Waals surface area (Å²) in [7, 11) is 8.13. The number of amides is 1. The summed E-state index contributed by atoms with van der Waals surface area (Å²) in [6.07, 6.45) is 48.1. The van der Waals surface area contributed by atoms with Crippen LogP contribution in [0.5, 0.6) is 0 Å². The smallest absolute Gasteiger partial charge is 0.306 e. The van der Waals surface area contributed by atoms with Crippen molar-refractivity contribution in [3.63, 3.8) is 0 Å². The van der Waals surface area contributed by atoms with Crippen LogP contribution in [0.2, 0.25) is 0 Å². The lowest BCUT2D eigenvalue weighted by molar-refractivity contribution is -0.142. The Hall–Kier alpha value is -4.73. The molecule has 0 unspecified atom stereocenters. The average Bonchev–Trinajstić information content (AvgIpc) is 1.12. The Bertz CT molecular complexity index is 2320. The molecule has 560 valence electrons. The van der Waals surface area contributed by atoms with E-state index in [2.05, 4.69) is 53.9 Å². The quantitative estimate of drug-likeness (QED) is 0.111. The van der Waals surface area contributed by atoms with Crippen molar-refractivity contribution in [1.29, 1.82) is 0 Å². The number of ether oxygens (including phenoxy) is 8. The second kappa shape index (κ2) is 56.9. The molecule has 15 atom stereocenters. The van der Waals surface area contributed by atoms with Gasteiger partial charge in [-0.3, -0.25) is 14.4 Å². The molecular weight excluding hydrogens is 1240 g/mol. The molecule has 0 aromatic rings. The number of carbonyl (C=O) groups excluding carboxylic acids is 3. The lowest BCUT2D eigenvalue weighted by atomic mass is 9.94. The summed E-state index contributed by atoms with van der Waals surface area (Å²) < 4.78 is 43.1. The molecule has 0 aromatic carbocycles. The highest BCUT2D eigenvalue weighted by atomic mass is 16.5. The summed E-state index contributed by atoms with van der Waals surface area (Å²) >= 11 is 0. The number of hydrogen-bond acceptors (Lipinski definition) is 16. The van der Waals surface area contributed by atoms with Crippen molar-refractivity contribution >= 4 is 17.7 Å². The van der Waals surface area contributed by atoms with Gasteiger partial charge in [-0.2, -0.15) is 0 Å². The third-order valence-corrected chi connectivity index (χ3v) is 17.7. The van der Waals surface area contributed by atoms with Gasteiger partial charge >= 0.3 is 5.97 Å². The molecule has 1 amide bonds. The summed E-state index contributed by atoms with van der Waals surface area (Å²) in [5, 5.41) is 54.4. The van der Waals surface area contributed by atoms with E-state index in [1.54, 1.807) is 35.5 Å². The molecule has 0 radical (unpaired) electrons. The Labute approximate surface area is 592 Å². The first kappa shape index (κ1) is 91.3. The number of rotatable bonds is 5. The normalized spacial score (nSPS) is 35.3. The molecule has 4 heterocycles. The third-order valence-electron chi connectivity index (χ3n) is 17.7. The zero-order valence-electron chi connectivity index (χ0n) is 63.1. The van der Waals surface area contributed by atoms with Crippen LogP contribution in [-0.2, 0) is 52.3 Å². The van der Waals surface area contributed by atoms with Crippen molar-refractivity contribution in [3.05, 3.63) is 131 Å². The van der Waals surface area contributed by atoms with Gasteiger partial charge in [0.2, 0.25) is 5.91 Å². The monoisotopic (exact) mass is 1380 g/mol. The Balaban J connectivity index is 0.000000613. The molecule has 5 aliphatic rings. The number of Topliss-reactive ketones (excluding diaryl/α,β-unsaturated/α-hetero) is 1. The number of cyclic esters (lactones) is 1. The van der Waals surface area contributed by atoms with Crippen molar-refractivity contribution in [3.8, 4) is 0 Å². The van der Waals surface area contributed by atoms with E-state index in [0.29, 0.717) is 64.4 Å². The van der Waals surface area contributed by atoms with Crippen LogP contribution in [0, 0.1) is 29.6 Å². The van der Waals surface area contributed by atoms with E-state index in [1.807, 2.05) is 124 Å². The van der Waals surface area contributed by atoms with Crippen molar-refractivity contribution < 1.29 is 77.8 Å². The topological polar surface area (TPSA) is 238 Å². The minimum absolute atomic E-state index is 0.0163. The van der Waals surface area contributed by atoms with Crippen molar-refractivity contribution in [1.82, 2.24) is 5.32 Å². The van der Waals surface area contributed by atoms with Gasteiger partial charge in [-0.15, -0.1) is 0 Å². The van der Waals surface area contributed by atoms with E-state index in [0.717, 1.165) is 120 Å². The minimum atomic E-state index is -0.607. The number of nitrogens with one attached hydrogen (secondary N) is 1. The maximum atomic E-state index is 11.7. The maximum Gasteiger partial charge on any atom is 0.306 e. The Morgan fingerprint density at radius 1 is 0.367 bits per heavy atom. The van der Waals surface area contributed by atoms with Gasteiger partial charge in [-0.1, -0.05) is 167 Å². The maximum absolute atomic E-state index is 11.7. The molecular formula is C81H135NO16. The molecule has 0 bridgehead atoms. The van der Waals surface area contributed by atoms with E-state index in [1.165, 1.54) is 17.6 Å². The molecule has 17 nitrogen and oxygen atoms in total. The first-order valence-electron chi connectivity index (χ1n) is 36.4. The molecule has 17 heteroatoms. The zero-order valence-corrected chi connectivity index (χ0v) is 63.1. The molecule has 4 aliphatic heterocycles. The fourth-order valence-electron chi connectivity index (χ4n) is 11.6. The largest absolute Gasteiger partial charge is 0.461 e. The Kier molecular flexibility index (Phi) is 53.0. The fourth-order valence-corrected chi connectivity index (χ4v) is 11.6. The lowest BCUT2D eigenvalue weighted by Crippen LogP contribution is -2.32. The highest BCUT2D eigenvalue weighted by Gasteiger charge is 2.26. The Morgan fingerprint density at radius 3 is 1.16 bits per heavy atom. The molecule has 0 fully saturated rings. The number of aliphatic hydroxyl groups is 5. The van der Waals surface area contributed by atoms with Gasteiger partial charge in [0.1, 0.15) is 42.9 Å². The molecule has 0 saturated heterocycles. The Morgan fingerprint density at radius 2 is 0.724 bits per heavy atom. The number of carbonyl (C=O) groups is 3. The summed E-state index contributed by atoms with van der Waals surface area (Å²) in [4.78, 5) is 34.9. The summed E-state index contributed by atoms with van der Waals surface area (Å²) in [5.74, 6) is 0.321. The fraction of sp³-hybridized carbons (Fsp3) is 0.691. The second-order valence-corrected chi connectivity index (χ2v) is 27.1. The first-order chi connectivity index (χ1) is 46.9. The number of esters is 1. The minimum Gasteiger partial charge on any atom is -0.461 e. The molecule has 0 saturated carbocycles. The number of aliphatic hydroxyl groups excluding tert-OH is 5. The first-order valence-corrected chi connectivity index (χ1v) is 36.4. The van der Waals surface area contributed by atoms with E-state index in [-0.39, 0.29) is 72.0 Å². The van der Waals surface area contributed by atoms with Crippen LogP contribution in [0.3, 0.4) is 0 Å². The standard InChI is InChI=1S/C17H28O3.C16H27NO3.C16H26O4.C16H28O3.C16H26O3/c1-13-10-11-15(18)8-6-4-5-7-9-16(20-3)17(19)14(2)12-13;1-12-10-13(2)16(19)14(20-3)8-6-4-5-7-9-15(18)17-11-12;1-12-10-13(2)16(18)14(19-3)8-6-4-5-7-9-15(17)20-11-12;2*1-13-11-14(2)16(17)15(18-3)9-7-5-4-6-8-10-19-12-13/h7,9,12,14,16-17,19H,4-6,8,10-11H2,1-3H3;6,8,10,13-14,16,19H,4-5,7,9,11H2,1-3H3,(H,17,18);6,8,10,13-14,16,18H,4-5,7,9,11H2,1-3H3;7,9,11,14-17H,4-6,8,10,12H2,1-3H3;6-9,11,14-17H,4-5,10,12H2,1-3H3/b9-7+,13-12-;2*8-6+,12-10-;9-7+,13-11-;8-6+,9-7+,13-11-/t14-,16+,17+;2*13-,14+,16+;2*14-,15+,16+/m11111/s1. The number of methoxy groups -OCH3 is 5. The van der Waals surface area contributed by atoms with Gasteiger partial charge in [-0.05, 0) is 137 Å². The molecule has 0 aromatic heterocycles. The molecule has 5 rings (SSSR count). The predicted octanol–water partition coefficient (Wildman–Crippen LogP) is 14.2. The summed E-state index contributed by atoms with van der Waals surface area (Å²) in [5.41, 5.74) is 5.47. The molecule has 1 aliphatic carbocycles. The van der Waals surface area contributed by atoms with Crippen LogP contribution in [0.1, 0.15) is 198 Å². The number of allylic oxidation sites excluding steroid dienone is 7. The summed E-state index contributed by atoms with van der Waals surface area (Å²) in [6, 6.07) is 0. The highest BCUT2D eigenvalue weighted by Crippen LogP contribution is 2.23. The van der Waals surface area contributed by atoms with Crippen LogP contribution < -0.4 is 5.32 Å². The third kappa shape index (κ3) is 43.2. The SMILES string of the molecule is CO[C@H]1/C=C/CC/C=C/COC/C(C)=C\[C@@H](C)[C@@H]1O.CO[C@H]1/C=C/CCCCC(=O)CC/C(C)=C\[C@@H](C)[C@@H]1O.CO[C@H]1/C=C/CCCCC(=O)NC/C(C)=C\[C@@H](C)[C@@H]1O.CO[C@H]1/C=C/CCCCC(=O)OC/C(C)=C\[C@@H](C)[C@@H]1O.CO[C@H]1/C=C/CCCCCOC/C(C)=C\[C@@H](C)[C@@H]1O. The van der Waals surface area contributed by atoms with Gasteiger partial charge in [0.25, 0.3) is 0 Å². The second-order valence-electron chi connectivity index (χ2n) is 27.1. The molecule has 98 heavy (non-hydrogen) atoms. The number of ketones is 1. The van der Waals surface area contributed by atoms with E-state index >= 15 is 0 Å². The van der Waals surface area contributed by atoms with Crippen LogP contribution in [0.15, 0.2) is 131 Å². The van der Waals surface area contributed by atoms with E-state index in [4.69, 9.17) is 37.9 Å². The van der Waals surface area contributed by atoms with Gasteiger partial charge in [-0.25, -0.2) is 0 Å². The predicted molar refractivity (Wildman–Crippen MR) is 396 cm³/mol. The van der Waals surface area contributed by atoms with Crippen LogP contribution in [-0.4, -0.2) is 179 Å². The average molecular weight is 1380 g/mol. The van der Waals surface area contributed by atoms with E-state index in [9.17, 15) is 39.9 Å². The van der Waals surface area contributed by atoms with Crippen molar-refractivity contribution in [2.24, 2.45) is 29.6 Å². The van der Waals surface area contributed by atoms with Gasteiger partial charge < -0.3 is 68.7 Å². The van der Waals surface area contributed by atoms with Crippen LogP contribution in [0.4, 0.5) is 0 Å². The van der Waals surface area contributed by atoms with Gasteiger partial charge in [0.05, 0.1) is 50.3 Å². The lowest BCUT2D eigenvalue weighted by Gasteiger charge is -2.23. The summed E-state index contributed by atoms with van der Waals surface area (Å²) in [6.45, 7) is 23.4. The van der Waals surface area contributed by atoms with Crippen molar-refractivity contribution in [2.75, 3.05) is 75.1 Å².